The molecule has 6 heteroatoms. The standard InChI is InChI=1S/C22H28N4O2/c1-25(2)22-23-18-14-26(13-12-17(18)20(27)24-22)21(28)19(16-10-6-7-11-16)15-8-4-3-5-9-15/h3-5,8-9,16,19H,6-7,10-14H2,1-2H3,(H,23,24,27)/t19-/m0/s1. The first-order chi connectivity index (χ1) is 13.5. The van der Waals surface area contributed by atoms with Crippen LogP contribution in [0.2, 0.25) is 0 Å². The molecule has 6 nitrogen and oxygen atoms in total. The molecule has 0 spiro atoms. The molecule has 1 atom stereocenters. The van der Waals surface area contributed by atoms with Gasteiger partial charge in [-0.3, -0.25) is 14.6 Å². The first-order valence-corrected chi connectivity index (χ1v) is 10.2. The summed E-state index contributed by atoms with van der Waals surface area (Å²) >= 11 is 0. The first-order valence-electron chi connectivity index (χ1n) is 10.2. The van der Waals surface area contributed by atoms with Gasteiger partial charge in [0, 0.05) is 26.2 Å². The Bertz CT molecular complexity index is 900. The smallest absolute Gasteiger partial charge is 0.255 e. The average Bonchev–Trinajstić information content (AvgIpc) is 3.22. The van der Waals surface area contributed by atoms with Crippen LogP contribution < -0.4 is 10.5 Å². The lowest BCUT2D eigenvalue weighted by Crippen LogP contribution is -2.43. The largest absolute Gasteiger partial charge is 0.348 e. The molecule has 1 amide bonds. The molecule has 1 aliphatic carbocycles. The Hall–Kier alpha value is -2.63. The molecule has 0 bridgehead atoms. The Morgan fingerprint density at radius 2 is 1.93 bits per heavy atom. The van der Waals surface area contributed by atoms with E-state index in [1.165, 1.54) is 12.8 Å². The molecular formula is C22H28N4O2. The van der Waals surface area contributed by atoms with E-state index in [2.05, 4.69) is 22.1 Å². The van der Waals surface area contributed by atoms with Crippen molar-refractivity contribution in [1.82, 2.24) is 14.9 Å². The van der Waals surface area contributed by atoms with Crippen molar-refractivity contribution >= 4 is 11.9 Å². The summed E-state index contributed by atoms with van der Waals surface area (Å²) in [6.45, 7) is 0.989. The summed E-state index contributed by atoms with van der Waals surface area (Å²) in [6.07, 6.45) is 5.18. The van der Waals surface area contributed by atoms with E-state index in [0.29, 0.717) is 36.9 Å². The number of carbonyl (C=O) groups excluding carboxylic acids is 1. The Balaban J connectivity index is 1.63. The fourth-order valence-corrected chi connectivity index (χ4v) is 4.59. The van der Waals surface area contributed by atoms with Crippen molar-refractivity contribution < 1.29 is 4.79 Å². The number of aromatic nitrogens is 2. The van der Waals surface area contributed by atoms with Crippen molar-refractivity contribution in [2.24, 2.45) is 5.92 Å². The molecule has 1 saturated carbocycles. The van der Waals surface area contributed by atoms with Gasteiger partial charge in [-0.05, 0) is 30.7 Å². The van der Waals surface area contributed by atoms with E-state index < -0.39 is 0 Å². The second-order valence-corrected chi connectivity index (χ2v) is 8.15. The highest BCUT2D eigenvalue weighted by Gasteiger charge is 2.36. The first kappa shape index (κ1) is 18.7. The minimum atomic E-state index is -0.0967. The van der Waals surface area contributed by atoms with Gasteiger partial charge in [0.15, 0.2) is 0 Å². The quantitative estimate of drug-likeness (QED) is 0.885. The topological polar surface area (TPSA) is 69.3 Å². The number of benzene rings is 1. The number of anilines is 1. The second-order valence-electron chi connectivity index (χ2n) is 8.15. The van der Waals surface area contributed by atoms with Gasteiger partial charge < -0.3 is 9.80 Å². The van der Waals surface area contributed by atoms with Crippen molar-refractivity contribution in [3.8, 4) is 0 Å². The maximum atomic E-state index is 13.6. The highest BCUT2D eigenvalue weighted by Crippen LogP contribution is 2.39. The highest BCUT2D eigenvalue weighted by molar-refractivity contribution is 5.84. The lowest BCUT2D eigenvalue weighted by molar-refractivity contribution is -0.135. The summed E-state index contributed by atoms with van der Waals surface area (Å²) in [7, 11) is 3.70. The van der Waals surface area contributed by atoms with E-state index in [9.17, 15) is 9.59 Å². The lowest BCUT2D eigenvalue weighted by Gasteiger charge is -2.33. The van der Waals surface area contributed by atoms with Gasteiger partial charge in [-0.15, -0.1) is 0 Å². The van der Waals surface area contributed by atoms with Crippen LogP contribution in [0.25, 0.3) is 0 Å². The molecule has 1 aliphatic heterocycles. The number of rotatable bonds is 4. The van der Waals surface area contributed by atoms with Crippen LogP contribution in [0.3, 0.4) is 0 Å². The van der Waals surface area contributed by atoms with E-state index >= 15 is 0 Å². The Kier molecular flexibility index (Phi) is 5.20. The third-order valence-corrected chi connectivity index (χ3v) is 6.09. The predicted octanol–water partition coefficient (Wildman–Crippen LogP) is 2.69. The molecule has 2 aliphatic rings. The monoisotopic (exact) mass is 380 g/mol. The molecule has 0 radical (unpaired) electrons. The van der Waals surface area contributed by atoms with Crippen molar-refractivity contribution in [3.05, 3.63) is 57.5 Å². The van der Waals surface area contributed by atoms with Crippen molar-refractivity contribution in [2.75, 3.05) is 25.5 Å². The fraction of sp³-hybridized carbons (Fsp3) is 0.500. The molecule has 148 valence electrons. The van der Waals surface area contributed by atoms with Crippen molar-refractivity contribution in [1.29, 1.82) is 0 Å². The zero-order valence-corrected chi connectivity index (χ0v) is 16.6. The second kappa shape index (κ2) is 7.78. The normalized spacial score (nSPS) is 18.0. The minimum Gasteiger partial charge on any atom is -0.348 e. The molecule has 0 unspecified atom stereocenters. The van der Waals surface area contributed by atoms with Crippen molar-refractivity contribution in [2.45, 2.75) is 44.6 Å². The van der Waals surface area contributed by atoms with Crippen LogP contribution in [0, 0.1) is 5.92 Å². The van der Waals surface area contributed by atoms with Gasteiger partial charge in [0.25, 0.3) is 5.56 Å². The number of fused-ring (bicyclic) bond motifs is 1. The lowest BCUT2D eigenvalue weighted by atomic mass is 9.83. The molecule has 4 rings (SSSR count). The number of nitrogens with one attached hydrogen (secondary N) is 1. The van der Waals surface area contributed by atoms with Crippen LogP contribution in [0.5, 0.6) is 0 Å². The van der Waals surface area contributed by atoms with Gasteiger partial charge in [-0.1, -0.05) is 43.2 Å². The summed E-state index contributed by atoms with van der Waals surface area (Å²) in [4.78, 5) is 37.1. The molecule has 1 aromatic carbocycles. The van der Waals surface area contributed by atoms with Gasteiger partial charge in [0.05, 0.1) is 18.2 Å². The van der Waals surface area contributed by atoms with E-state index in [1.54, 1.807) is 4.90 Å². The Morgan fingerprint density at radius 3 is 2.61 bits per heavy atom. The number of aromatic amines is 1. The maximum absolute atomic E-state index is 13.6. The van der Waals surface area contributed by atoms with Crippen LogP contribution in [0.4, 0.5) is 5.95 Å². The number of hydrogen-bond donors (Lipinski definition) is 1. The molecule has 1 fully saturated rings. The molecule has 2 aromatic rings. The number of carbonyl (C=O) groups is 1. The number of amides is 1. The van der Waals surface area contributed by atoms with Gasteiger partial charge in [0.2, 0.25) is 11.9 Å². The zero-order valence-electron chi connectivity index (χ0n) is 16.6. The zero-order chi connectivity index (χ0) is 19.7. The summed E-state index contributed by atoms with van der Waals surface area (Å²) in [5.74, 6) is 1.02. The van der Waals surface area contributed by atoms with E-state index in [4.69, 9.17) is 0 Å². The van der Waals surface area contributed by atoms with Crippen LogP contribution in [0.15, 0.2) is 35.1 Å². The van der Waals surface area contributed by atoms with Crippen LogP contribution in [-0.4, -0.2) is 41.4 Å². The molecule has 28 heavy (non-hydrogen) atoms. The number of hydrogen-bond acceptors (Lipinski definition) is 4. The molecule has 1 aromatic heterocycles. The summed E-state index contributed by atoms with van der Waals surface area (Å²) in [6, 6.07) is 10.2. The molecule has 0 saturated heterocycles. The van der Waals surface area contributed by atoms with E-state index in [-0.39, 0.29) is 17.4 Å². The highest BCUT2D eigenvalue weighted by atomic mass is 16.2. The summed E-state index contributed by atoms with van der Waals surface area (Å²) < 4.78 is 0. The molecular weight excluding hydrogens is 352 g/mol. The molecule has 2 heterocycles. The Morgan fingerprint density at radius 1 is 1.21 bits per heavy atom. The number of H-pyrrole nitrogens is 1. The van der Waals surface area contributed by atoms with Gasteiger partial charge >= 0.3 is 0 Å². The van der Waals surface area contributed by atoms with Gasteiger partial charge in [-0.2, -0.15) is 0 Å². The predicted molar refractivity (Wildman–Crippen MR) is 109 cm³/mol. The third kappa shape index (κ3) is 3.55. The Labute approximate surface area is 165 Å². The van der Waals surface area contributed by atoms with Gasteiger partial charge in [0.1, 0.15) is 0 Å². The SMILES string of the molecule is CN(C)c1nc2c(c(=O)[nH]1)CCN(C(=O)[C@@H](c1ccccc1)C1CCCC1)C2. The van der Waals surface area contributed by atoms with Crippen molar-refractivity contribution in [3.63, 3.8) is 0 Å². The van der Waals surface area contributed by atoms with E-state index in [1.807, 2.05) is 37.2 Å². The fourth-order valence-electron chi connectivity index (χ4n) is 4.59. The van der Waals surface area contributed by atoms with Crippen LogP contribution in [0.1, 0.15) is 48.4 Å². The average molecular weight is 380 g/mol. The van der Waals surface area contributed by atoms with Crippen LogP contribution >= 0.6 is 0 Å². The summed E-state index contributed by atoms with van der Waals surface area (Å²) in [5, 5.41) is 0. The third-order valence-electron chi connectivity index (χ3n) is 6.09. The van der Waals surface area contributed by atoms with Crippen LogP contribution in [-0.2, 0) is 17.8 Å². The maximum Gasteiger partial charge on any atom is 0.255 e. The van der Waals surface area contributed by atoms with E-state index in [0.717, 1.165) is 24.1 Å². The minimum absolute atomic E-state index is 0.0869. The van der Waals surface area contributed by atoms with Gasteiger partial charge in [-0.25, -0.2) is 4.98 Å². The number of nitrogens with zero attached hydrogens (tertiary/aromatic N) is 3. The summed E-state index contributed by atoms with van der Waals surface area (Å²) in [5.41, 5.74) is 2.46. The molecule has 1 N–H and O–H groups in total.